The molecule has 0 spiro atoms. The molecule has 6 nitrogen and oxygen atoms in total. The highest BCUT2D eigenvalue weighted by molar-refractivity contribution is 7.98. The third-order valence-electron chi connectivity index (χ3n) is 4.58. The molecule has 2 aromatic carbocycles. The van der Waals surface area contributed by atoms with Gasteiger partial charge in [0, 0.05) is 29.2 Å². The van der Waals surface area contributed by atoms with E-state index in [9.17, 15) is 14.0 Å². The summed E-state index contributed by atoms with van der Waals surface area (Å²) in [5, 5.41) is 10.2. The largest absolute Gasteiger partial charge is 0.350 e. The second kappa shape index (κ2) is 8.48. The third kappa shape index (κ3) is 4.48. The lowest BCUT2D eigenvalue weighted by Gasteiger charge is -2.11. The number of nitrogens with one attached hydrogen (secondary N) is 2. The van der Waals surface area contributed by atoms with Crippen molar-refractivity contribution in [1.82, 2.24) is 15.1 Å². The smallest absolute Gasteiger partial charge is 0.256 e. The van der Waals surface area contributed by atoms with Gasteiger partial charge in [0.2, 0.25) is 5.91 Å². The lowest BCUT2D eigenvalue weighted by Crippen LogP contribution is -2.28. The van der Waals surface area contributed by atoms with E-state index < -0.39 is 0 Å². The molecule has 0 radical (unpaired) electrons. The first-order chi connectivity index (χ1) is 14.1. The zero-order chi connectivity index (χ0) is 20.2. The molecule has 1 aromatic heterocycles. The zero-order valence-corrected chi connectivity index (χ0v) is 16.3. The molecule has 2 N–H and O–H groups in total. The van der Waals surface area contributed by atoms with E-state index in [1.54, 1.807) is 52.8 Å². The third-order valence-corrected chi connectivity index (χ3v) is 5.55. The second-order valence-corrected chi connectivity index (χ2v) is 7.63. The molecule has 2 amide bonds. The lowest BCUT2D eigenvalue weighted by atomic mass is 10.2. The van der Waals surface area contributed by atoms with Crippen molar-refractivity contribution in [2.45, 2.75) is 24.6 Å². The van der Waals surface area contributed by atoms with Crippen LogP contribution in [0.1, 0.15) is 27.2 Å². The number of halogens is 1. The van der Waals surface area contributed by atoms with Crippen LogP contribution in [-0.4, -0.2) is 21.6 Å². The van der Waals surface area contributed by atoms with Crippen molar-refractivity contribution < 1.29 is 14.0 Å². The molecule has 29 heavy (non-hydrogen) atoms. The van der Waals surface area contributed by atoms with Gasteiger partial charge in [0.05, 0.1) is 5.69 Å². The highest BCUT2D eigenvalue weighted by Gasteiger charge is 2.25. The summed E-state index contributed by atoms with van der Waals surface area (Å²) in [4.78, 5) is 25.0. The Labute approximate surface area is 171 Å². The summed E-state index contributed by atoms with van der Waals surface area (Å²) >= 11 is 1.72. The van der Waals surface area contributed by atoms with Crippen LogP contribution >= 0.6 is 11.8 Å². The standard InChI is InChI=1S/C21H19FN4O2S/c22-16-8-6-14(7-9-16)10-23-19(27)11-26-20(17-12-29-13-18(17)25-26)24-21(28)15-4-2-1-3-5-15/h1-9H,10-13H2,(H,23,27)(H,24,28). The van der Waals surface area contributed by atoms with Crippen LogP contribution in [0.25, 0.3) is 0 Å². The fourth-order valence-electron chi connectivity index (χ4n) is 3.08. The van der Waals surface area contributed by atoms with Crippen LogP contribution in [0.2, 0.25) is 0 Å². The average Bonchev–Trinajstić information content (AvgIpc) is 3.31. The van der Waals surface area contributed by atoms with Crippen LogP contribution in [-0.2, 0) is 29.4 Å². The van der Waals surface area contributed by atoms with Crippen molar-refractivity contribution in [2.75, 3.05) is 5.32 Å². The number of amides is 2. The first-order valence-electron chi connectivity index (χ1n) is 9.14. The Hall–Kier alpha value is -3.13. The minimum Gasteiger partial charge on any atom is -0.350 e. The summed E-state index contributed by atoms with van der Waals surface area (Å²) in [5.41, 5.74) is 3.20. The highest BCUT2D eigenvalue weighted by Crippen LogP contribution is 2.34. The van der Waals surface area contributed by atoms with E-state index in [-0.39, 0.29) is 24.2 Å². The number of fused-ring (bicyclic) bond motifs is 1. The second-order valence-electron chi connectivity index (χ2n) is 6.65. The average molecular weight is 410 g/mol. The molecule has 3 aromatic rings. The molecule has 0 saturated carbocycles. The van der Waals surface area contributed by atoms with Gasteiger partial charge in [0.1, 0.15) is 18.2 Å². The zero-order valence-electron chi connectivity index (χ0n) is 15.5. The Morgan fingerprint density at radius 1 is 1.07 bits per heavy atom. The Morgan fingerprint density at radius 3 is 2.59 bits per heavy atom. The van der Waals surface area contributed by atoms with Crippen LogP contribution in [0, 0.1) is 5.82 Å². The Balaban J connectivity index is 1.46. The van der Waals surface area contributed by atoms with E-state index in [0.717, 1.165) is 28.3 Å². The monoisotopic (exact) mass is 410 g/mol. The number of carbonyl (C=O) groups is 2. The Morgan fingerprint density at radius 2 is 1.83 bits per heavy atom. The van der Waals surface area contributed by atoms with E-state index >= 15 is 0 Å². The molecule has 1 aliphatic heterocycles. The van der Waals surface area contributed by atoms with Crippen molar-refractivity contribution in [3.05, 3.63) is 82.8 Å². The fraction of sp³-hybridized carbons (Fsp3) is 0.190. The summed E-state index contributed by atoms with van der Waals surface area (Å²) in [6, 6.07) is 14.9. The number of hydrogen-bond donors (Lipinski definition) is 2. The van der Waals surface area contributed by atoms with Crippen LogP contribution in [0.5, 0.6) is 0 Å². The number of carbonyl (C=O) groups excluding carboxylic acids is 2. The van der Waals surface area contributed by atoms with Gasteiger partial charge in [-0.05, 0) is 29.8 Å². The van der Waals surface area contributed by atoms with Crippen molar-refractivity contribution in [3.63, 3.8) is 0 Å². The van der Waals surface area contributed by atoms with Gasteiger partial charge in [-0.25, -0.2) is 9.07 Å². The van der Waals surface area contributed by atoms with Gasteiger partial charge < -0.3 is 10.6 Å². The number of hydrogen-bond acceptors (Lipinski definition) is 4. The van der Waals surface area contributed by atoms with Gasteiger partial charge in [-0.3, -0.25) is 9.59 Å². The van der Waals surface area contributed by atoms with E-state index in [1.165, 1.54) is 12.1 Å². The molecule has 2 heterocycles. The molecule has 0 fully saturated rings. The minimum atomic E-state index is -0.317. The normalized spacial score (nSPS) is 12.4. The SMILES string of the molecule is O=C(Cn1nc2c(c1NC(=O)c1ccccc1)CSC2)NCc1ccc(F)cc1. The summed E-state index contributed by atoms with van der Waals surface area (Å²) in [7, 11) is 0. The van der Waals surface area contributed by atoms with Crippen LogP contribution < -0.4 is 10.6 Å². The Bertz CT molecular complexity index is 1030. The molecule has 0 unspecified atom stereocenters. The van der Waals surface area contributed by atoms with Gasteiger partial charge in [-0.1, -0.05) is 30.3 Å². The molecule has 0 atom stereocenters. The number of thioether (sulfide) groups is 1. The predicted octanol–water partition coefficient (Wildman–Crippen LogP) is 3.34. The molecular formula is C21H19FN4O2S. The molecule has 4 rings (SSSR count). The van der Waals surface area contributed by atoms with Crippen molar-refractivity contribution >= 4 is 29.4 Å². The first kappa shape index (κ1) is 19.2. The maximum absolute atomic E-state index is 13.0. The van der Waals surface area contributed by atoms with E-state index in [0.29, 0.717) is 17.9 Å². The fourth-order valence-corrected chi connectivity index (χ4v) is 4.12. The van der Waals surface area contributed by atoms with Gasteiger partial charge in [0.15, 0.2) is 0 Å². The lowest BCUT2D eigenvalue weighted by molar-refractivity contribution is -0.122. The van der Waals surface area contributed by atoms with Crippen LogP contribution in [0.3, 0.4) is 0 Å². The molecule has 148 valence electrons. The van der Waals surface area contributed by atoms with Crippen LogP contribution in [0.4, 0.5) is 10.2 Å². The number of nitrogens with zero attached hydrogens (tertiary/aromatic N) is 2. The van der Waals surface area contributed by atoms with Crippen molar-refractivity contribution in [1.29, 1.82) is 0 Å². The summed E-state index contributed by atoms with van der Waals surface area (Å²) in [6.45, 7) is 0.283. The molecular weight excluding hydrogens is 391 g/mol. The minimum absolute atomic E-state index is 0.0107. The first-order valence-corrected chi connectivity index (χ1v) is 10.3. The van der Waals surface area contributed by atoms with Crippen molar-refractivity contribution in [3.8, 4) is 0 Å². The van der Waals surface area contributed by atoms with Crippen molar-refractivity contribution in [2.24, 2.45) is 0 Å². The van der Waals surface area contributed by atoms with Crippen LogP contribution in [0.15, 0.2) is 54.6 Å². The maximum atomic E-state index is 13.0. The quantitative estimate of drug-likeness (QED) is 0.654. The van der Waals surface area contributed by atoms with Gasteiger partial charge in [0.25, 0.3) is 5.91 Å². The topological polar surface area (TPSA) is 76.0 Å². The summed E-state index contributed by atoms with van der Waals surface area (Å²) in [6.07, 6.45) is 0. The van der Waals surface area contributed by atoms with Gasteiger partial charge in [-0.15, -0.1) is 0 Å². The molecule has 0 saturated heterocycles. The van der Waals surface area contributed by atoms with E-state index in [4.69, 9.17) is 0 Å². The van der Waals surface area contributed by atoms with Gasteiger partial charge >= 0.3 is 0 Å². The number of benzene rings is 2. The number of anilines is 1. The number of rotatable bonds is 6. The van der Waals surface area contributed by atoms with E-state index in [1.807, 2.05) is 6.07 Å². The molecule has 8 heteroatoms. The number of aromatic nitrogens is 2. The van der Waals surface area contributed by atoms with Gasteiger partial charge in [-0.2, -0.15) is 16.9 Å². The highest BCUT2D eigenvalue weighted by atomic mass is 32.2. The molecule has 1 aliphatic rings. The summed E-state index contributed by atoms with van der Waals surface area (Å²) in [5.74, 6) is 1.28. The molecule has 0 bridgehead atoms. The Kier molecular flexibility index (Phi) is 5.62. The predicted molar refractivity (Wildman–Crippen MR) is 110 cm³/mol. The maximum Gasteiger partial charge on any atom is 0.256 e. The summed E-state index contributed by atoms with van der Waals surface area (Å²) < 4.78 is 14.5. The van der Waals surface area contributed by atoms with E-state index in [2.05, 4.69) is 15.7 Å². The molecule has 0 aliphatic carbocycles.